The second-order valence-electron chi connectivity index (χ2n) is 6.65. The van der Waals surface area contributed by atoms with Gasteiger partial charge in [-0.15, -0.1) is 0 Å². The first-order chi connectivity index (χ1) is 12.7. The third-order valence-corrected chi connectivity index (χ3v) is 4.87. The van der Waals surface area contributed by atoms with E-state index in [1.807, 2.05) is 35.8 Å². The average molecular weight is 348 g/mol. The van der Waals surface area contributed by atoms with Crippen LogP contribution in [0.25, 0.3) is 11.2 Å². The number of fused-ring (bicyclic) bond motifs is 2. The molecule has 0 bridgehead atoms. The highest BCUT2D eigenvalue weighted by molar-refractivity contribution is 5.74. The topological polar surface area (TPSA) is 71.4 Å². The molecule has 1 aromatic carbocycles. The van der Waals surface area contributed by atoms with Crippen molar-refractivity contribution in [3.05, 3.63) is 65.4 Å². The fourth-order valence-electron chi connectivity index (χ4n) is 3.66. The van der Waals surface area contributed by atoms with E-state index in [9.17, 15) is 4.39 Å². The zero-order chi connectivity index (χ0) is 17.7. The Hall–Kier alpha value is -3.22. The molecule has 0 saturated heterocycles. The Labute approximate surface area is 149 Å². The lowest BCUT2D eigenvalue weighted by atomic mass is 10.1. The highest BCUT2D eigenvalue weighted by Crippen LogP contribution is 2.36. The maximum Gasteiger partial charge on any atom is 0.162 e. The fourth-order valence-corrected chi connectivity index (χ4v) is 3.66. The first-order valence-electron chi connectivity index (χ1n) is 8.58. The summed E-state index contributed by atoms with van der Waals surface area (Å²) in [7, 11) is 0. The van der Waals surface area contributed by atoms with Crippen molar-refractivity contribution in [2.75, 3.05) is 5.32 Å². The van der Waals surface area contributed by atoms with Crippen molar-refractivity contribution >= 4 is 22.8 Å². The summed E-state index contributed by atoms with van der Waals surface area (Å²) in [6, 6.07) is 10.8. The van der Waals surface area contributed by atoms with Crippen molar-refractivity contribution in [2.24, 2.45) is 0 Å². The van der Waals surface area contributed by atoms with Crippen LogP contribution in [0.2, 0.25) is 0 Å². The van der Waals surface area contributed by atoms with Crippen LogP contribution in [0, 0.1) is 12.7 Å². The van der Waals surface area contributed by atoms with Crippen molar-refractivity contribution in [3.8, 4) is 0 Å². The molecule has 1 atom stereocenters. The molecule has 0 saturated carbocycles. The molecule has 7 heteroatoms. The van der Waals surface area contributed by atoms with Crippen LogP contribution in [0.5, 0.6) is 0 Å². The Morgan fingerprint density at radius 2 is 2.12 bits per heavy atom. The smallest absolute Gasteiger partial charge is 0.162 e. The number of aromatic amines is 1. The number of rotatable bonds is 3. The third kappa shape index (κ3) is 2.44. The van der Waals surface area contributed by atoms with Gasteiger partial charge in [0.25, 0.3) is 0 Å². The van der Waals surface area contributed by atoms with E-state index in [-0.39, 0.29) is 11.9 Å². The van der Waals surface area contributed by atoms with Crippen LogP contribution < -0.4 is 5.32 Å². The second kappa shape index (κ2) is 5.66. The molecule has 3 aromatic heterocycles. The highest BCUT2D eigenvalue weighted by atomic mass is 19.1. The lowest BCUT2D eigenvalue weighted by molar-refractivity contribution is 0.582. The molecule has 1 aliphatic rings. The van der Waals surface area contributed by atoms with Gasteiger partial charge in [-0.05, 0) is 55.2 Å². The van der Waals surface area contributed by atoms with Gasteiger partial charge < -0.3 is 9.88 Å². The molecule has 0 fully saturated rings. The summed E-state index contributed by atoms with van der Waals surface area (Å²) in [5, 5.41) is 10.3. The van der Waals surface area contributed by atoms with E-state index < -0.39 is 0 Å². The fraction of sp³-hybridized carbons (Fsp3) is 0.211. The standard InChI is InChI=1S/C19H17FN6/c1-11-8-18(25-24-11)22-17-7-5-15-19(23-17)26(10-21-15)16-6-3-12-2-4-13(20)9-14(12)16/h2,4-5,7-10,16H,3,6H2,1H3,(H2,22,23,24,25). The Balaban J connectivity index is 1.55. The van der Waals surface area contributed by atoms with E-state index in [1.165, 1.54) is 11.6 Å². The average Bonchev–Trinajstić information content (AvgIpc) is 3.33. The number of hydrogen-bond donors (Lipinski definition) is 2. The lowest BCUT2D eigenvalue weighted by Gasteiger charge is -2.14. The van der Waals surface area contributed by atoms with Crippen molar-refractivity contribution < 1.29 is 4.39 Å². The lowest BCUT2D eigenvalue weighted by Crippen LogP contribution is -2.07. The third-order valence-electron chi connectivity index (χ3n) is 4.87. The van der Waals surface area contributed by atoms with Gasteiger partial charge in [0.05, 0.1) is 12.4 Å². The van der Waals surface area contributed by atoms with Crippen molar-refractivity contribution in [1.29, 1.82) is 0 Å². The van der Waals surface area contributed by atoms with E-state index in [2.05, 4.69) is 20.5 Å². The van der Waals surface area contributed by atoms with Crippen molar-refractivity contribution in [2.45, 2.75) is 25.8 Å². The second-order valence-corrected chi connectivity index (χ2v) is 6.65. The van der Waals surface area contributed by atoms with Crippen molar-refractivity contribution in [1.82, 2.24) is 24.7 Å². The molecule has 0 spiro atoms. The quantitative estimate of drug-likeness (QED) is 0.589. The summed E-state index contributed by atoms with van der Waals surface area (Å²) in [5.74, 6) is 1.21. The Morgan fingerprint density at radius 3 is 2.96 bits per heavy atom. The predicted molar refractivity (Wildman–Crippen MR) is 97.0 cm³/mol. The SMILES string of the molecule is Cc1cc(Nc2ccc3ncn(C4CCc5ccc(F)cc54)c3n2)n[nH]1. The Kier molecular flexibility index (Phi) is 3.28. The van der Waals surface area contributed by atoms with E-state index in [4.69, 9.17) is 4.98 Å². The molecule has 0 amide bonds. The molecule has 130 valence electrons. The van der Waals surface area contributed by atoms with Gasteiger partial charge in [-0.25, -0.2) is 14.4 Å². The summed E-state index contributed by atoms with van der Waals surface area (Å²) in [4.78, 5) is 9.19. The molecule has 26 heavy (non-hydrogen) atoms. The number of aromatic nitrogens is 5. The molecule has 2 N–H and O–H groups in total. The van der Waals surface area contributed by atoms with Crippen LogP contribution in [-0.4, -0.2) is 24.7 Å². The molecule has 3 heterocycles. The maximum atomic E-state index is 13.7. The number of pyridine rings is 1. The number of imidazole rings is 1. The summed E-state index contributed by atoms with van der Waals surface area (Å²) in [6.07, 6.45) is 3.65. The van der Waals surface area contributed by atoms with Gasteiger partial charge in [-0.3, -0.25) is 5.10 Å². The number of hydrogen-bond acceptors (Lipinski definition) is 4. The minimum atomic E-state index is -0.204. The first kappa shape index (κ1) is 15.1. The van der Waals surface area contributed by atoms with E-state index in [1.54, 1.807) is 12.4 Å². The van der Waals surface area contributed by atoms with Crippen LogP contribution in [-0.2, 0) is 6.42 Å². The van der Waals surface area contributed by atoms with Crippen molar-refractivity contribution in [3.63, 3.8) is 0 Å². The highest BCUT2D eigenvalue weighted by Gasteiger charge is 2.26. The molecule has 6 nitrogen and oxygen atoms in total. The van der Waals surface area contributed by atoms with Gasteiger partial charge in [0.2, 0.25) is 0 Å². The largest absolute Gasteiger partial charge is 0.323 e. The summed E-state index contributed by atoms with van der Waals surface area (Å²) < 4.78 is 15.8. The zero-order valence-electron chi connectivity index (χ0n) is 14.2. The van der Waals surface area contributed by atoms with Crippen LogP contribution in [0.15, 0.2) is 42.7 Å². The van der Waals surface area contributed by atoms with E-state index in [0.29, 0.717) is 11.6 Å². The number of H-pyrrole nitrogens is 1. The molecule has 4 aromatic rings. The number of halogens is 1. The monoisotopic (exact) mass is 348 g/mol. The van der Waals surface area contributed by atoms with Crippen LogP contribution >= 0.6 is 0 Å². The van der Waals surface area contributed by atoms with Crippen LogP contribution in [0.1, 0.15) is 29.3 Å². The number of benzene rings is 1. The number of anilines is 2. The Morgan fingerprint density at radius 1 is 1.19 bits per heavy atom. The summed E-state index contributed by atoms with van der Waals surface area (Å²) >= 11 is 0. The van der Waals surface area contributed by atoms with Gasteiger partial charge in [0, 0.05) is 11.8 Å². The molecule has 0 radical (unpaired) electrons. The van der Waals surface area contributed by atoms with Gasteiger partial charge in [0.15, 0.2) is 11.5 Å². The molecule has 0 aliphatic heterocycles. The predicted octanol–water partition coefficient (Wildman–Crippen LogP) is 3.88. The molecule has 1 aliphatic carbocycles. The number of nitrogens with zero attached hydrogens (tertiary/aromatic N) is 4. The minimum absolute atomic E-state index is 0.0566. The van der Waals surface area contributed by atoms with Gasteiger partial charge in [-0.2, -0.15) is 5.10 Å². The number of aryl methyl sites for hydroxylation is 2. The molecular formula is C19H17FN6. The molecule has 5 rings (SSSR count). The molecular weight excluding hydrogens is 331 g/mol. The van der Waals surface area contributed by atoms with Crippen LogP contribution in [0.4, 0.5) is 16.0 Å². The molecule has 1 unspecified atom stereocenters. The summed E-state index contributed by atoms with van der Waals surface area (Å²) in [5.41, 5.74) is 4.79. The minimum Gasteiger partial charge on any atom is -0.323 e. The van der Waals surface area contributed by atoms with E-state index in [0.717, 1.165) is 35.3 Å². The number of nitrogens with one attached hydrogen (secondary N) is 2. The summed E-state index contributed by atoms with van der Waals surface area (Å²) in [6.45, 7) is 1.94. The first-order valence-corrected chi connectivity index (χ1v) is 8.58. The van der Waals surface area contributed by atoms with Crippen LogP contribution in [0.3, 0.4) is 0 Å². The van der Waals surface area contributed by atoms with Gasteiger partial charge >= 0.3 is 0 Å². The Bertz CT molecular complexity index is 1110. The normalized spacial score (nSPS) is 16.2. The van der Waals surface area contributed by atoms with E-state index >= 15 is 0 Å². The zero-order valence-corrected chi connectivity index (χ0v) is 14.2. The maximum absolute atomic E-state index is 13.7. The van der Waals surface area contributed by atoms with Gasteiger partial charge in [-0.1, -0.05) is 6.07 Å². The van der Waals surface area contributed by atoms with Gasteiger partial charge in [0.1, 0.15) is 17.2 Å².